The molecule has 0 radical (unpaired) electrons. The fourth-order valence-corrected chi connectivity index (χ4v) is 3.36. The first-order chi connectivity index (χ1) is 13.9. The molecule has 0 spiro atoms. The van der Waals surface area contributed by atoms with Gasteiger partial charge in [0.05, 0.1) is 23.2 Å². The maximum absolute atomic E-state index is 12.5. The number of aryl methyl sites for hydroxylation is 1. The molecule has 29 heavy (non-hydrogen) atoms. The first-order valence-corrected chi connectivity index (χ1v) is 10.1. The Labute approximate surface area is 172 Å². The maximum atomic E-state index is 12.5. The molecule has 3 aromatic rings. The number of benzene rings is 1. The number of aromatic nitrogens is 4. The van der Waals surface area contributed by atoms with E-state index in [1.807, 2.05) is 31.2 Å². The van der Waals surface area contributed by atoms with Crippen molar-refractivity contribution in [1.82, 2.24) is 24.8 Å². The van der Waals surface area contributed by atoms with E-state index in [1.165, 1.54) is 18.1 Å². The summed E-state index contributed by atoms with van der Waals surface area (Å²) in [6.07, 6.45) is 3.11. The van der Waals surface area contributed by atoms with Gasteiger partial charge in [0.25, 0.3) is 0 Å². The largest absolute Gasteiger partial charge is 0.360 e. The van der Waals surface area contributed by atoms with Crippen molar-refractivity contribution in [2.45, 2.75) is 19.9 Å². The Bertz CT molecular complexity index is 955. The molecule has 0 aliphatic heterocycles. The Morgan fingerprint density at radius 2 is 2.03 bits per heavy atom. The number of nitrogens with zero attached hydrogens (tertiary/aromatic N) is 5. The zero-order valence-electron chi connectivity index (χ0n) is 16.4. The highest BCUT2D eigenvalue weighted by molar-refractivity contribution is 8.00. The van der Waals surface area contributed by atoms with Crippen molar-refractivity contribution >= 4 is 29.4 Å². The smallest absolute Gasteiger partial charge is 0.235 e. The topological polar surface area (TPSA) is 106 Å². The van der Waals surface area contributed by atoms with Crippen LogP contribution in [0.5, 0.6) is 0 Å². The normalized spacial score (nSPS) is 11.8. The molecule has 0 bridgehead atoms. The molecule has 10 heteroatoms. The van der Waals surface area contributed by atoms with Gasteiger partial charge in [0, 0.05) is 13.1 Å². The van der Waals surface area contributed by atoms with Gasteiger partial charge in [0.15, 0.2) is 5.82 Å². The minimum atomic E-state index is -0.226. The van der Waals surface area contributed by atoms with Gasteiger partial charge in [0.2, 0.25) is 11.8 Å². The first-order valence-electron chi connectivity index (χ1n) is 8.95. The zero-order valence-corrected chi connectivity index (χ0v) is 17.2. The Balaban J connectivity index is 1.47. The summed E-state index contributed by atoms with van der Waals surface area (Å²) in [7, 11) is 1.76. The van der Waals surface area contributed by atoms with Gasteiger partial charge in [-0.2, -0.15) is 5.10 Å². The summed E-state index contributed by atoms with van der Waals surface area (Å²) in [5.41, 5.74) is 1.91. The number of thioether (sulfide) groups is 1. The molecule has 0 aliphatic rings. The minimum Gasteiger partial charge on any atom is -0.360 e. The van der Waals surface area contributed by atoms with Crippen LogP contribution in [-0.4, -0.2) is 55.2 Å². The van der Waals surface area contributed by atoms with Gasteiger partial charge in [-0.3, -0.25) is 9.59 Å². The molecule has 2 heterocycles. The van der Waals surface area contributed by atoms with Crippen molar-refractivity contribution in [3.63, 3.8) is 0 Å². The van der Waals surface area contributed by atoms with Crippen LogP contribution in [-0.2, 0) is 9.59 Å². The van der Waals surface area contributed by atoms with Crippen LogP contribution in [0.1, 0.15) is 24.3 Å². The minimum absolute atomic E-state index is 0.0482. The van der Waals surface area contributed by atoms with Crippen molar-refractivity contribution in [1.29, 1.82) is 0 Å². The SMILES string of the molecule is Cc1cc(NC(=O)CSCC(=O)N(C)[C@@H](C)c2ccc(-n3cncn3)cc2)no1. The molecule has 9 nitrogen and oxygen atoms in total. The molecule has 152 valence electrons. The monoisotopic (exact) mass is 414 g/mol. The van der Waals surface area contributed by atoms with E-state index in [-0.39, 0.29) is 29.4 Å². The van der Waals surface area contributed by atoms with Crippen LogP contribution >= 0.6 is 11.8 Å². The molecule has 3 rings (SSSR count). The van der Waals surface area contributed by atoms with Crippen LogP contribution in [0.15, 0.2) is 47.5 Å². The number of hydrogen-bond donors (Lipinski definition) is 1. The Morgan fingerprint density at radius 3 is 2.66 bits per heavy atom. The van der Waals surface area contributed by atoms with Crippen molar-refractivity contribution in [3.8, 4) is 5.69 Å². The quantitative estimate of drug-likeness (QED) is 0.603. The van der Waals surface area contributed by atoms with Crippen LogP contribution in [0, 0.1) is 6.92 Å². The summed E-state index contributed by atoms with van der Waals surface area (Å²) >= 11 is 1.26. The third-order valence-corrected chi connectivity index (χ3v) is 5.30. The number of anilines is 1. The van der Waals surface area contributed by atoms with Crippen LogP contribution < -0.4 is 5.32 Å². The number of hydrogen-bond acceptors (Lipinski definition) is 7. The summed E-state index contributed by atoms with van der Waals surface area (Å²) in [4.78, 5) is 30.0. The number of carbonyl (C=O) groups is 2. The second-order valence-corrected chi connectivity index (χ2v) is 7.46. The van der Waals surface area contributed by atoms with E-state index >= 15 is 0 Å². The molecule has 0 saturated heterocycles. The Hall–Kier alpha value is -3.14. The maximum Gasteiger partial charge on any atom is 0.235 e. The molecule has 2 amide bonds. The third kappa shape index (κ3) is 5.44. The van der Waals surface area contributed by atoms with Gasteiger partial charge < -0.3 is 14.7 Å². The molecule has 0 unspecified atom stereocenters. The van der Waals surface area contributed by atoms with E-state index in [4.69, 9.17) is 4.52 Å². The molecule has 0 saturated carbocycles. The fourth-order valence-electron chi connectivity index (χ4n) is 2.62. The van der Waals surface area contributed by atoms with Crippen LogP contribution in [0.25, 0.3) is 5.69 Å². The predicted octanol–water partition coefficient (Wildman–Crippen LogP) is 2.46. The van der Waals surface area contributed by atoms with Crippen LogP contribution in [0.4, 0.5) is 5.82 Å². The van der Waals surface area contributed by atoms with Gasteiger partial charge in [-0.25, -0.2) is 9.67 Å². The number of rotatable bonds is 8. The number of nitrogens with one attached hydrogen (secondary N) is 1. The van der Waals surface area contributed by atoms with Gasteiger partial charge in [0.1, 0.15) is 18.4 Å². The fraction of sp³-hybridized carbons (Fsp3) is 0.316. The standard InChI is InChI=1S/C19H22N6O3S/c1-13-8-17(23-28-13)22-18(26)9-29-10-19(27)24(3)14(2)15-4-6-16(7-5-15)25-12-20-11-21-25/h4-8,11-12,14H,9-10H2,1-3H3,(H,22,23,26)/t14-/m0/s1. The lowest BCUT2D eigenvalue weighted by atomic mass is 10.1. The van der Waals surface area contributed by atoms with Crippen molar-refractivity contribution < 1.29 is 14.1 Å². The molecule has 0 fully saturated rings. The third-order valence-electron chi connectivity index (χ3n) is 4.39. The van der Waals surface area contributed by atoms with Gasteiger partial charge in [-0.05, 0) is 31.5 Å². The van der Waals surface area contributed by atoms with Gasteiger partial charge in [-0.1, -0.05) is 17.3 Å². The Kier molecular flexibility index (Phi) is 6.65. The van der Waals surface area contributed by atoms with Crippen LogP contribution in [0.3, 0.4) is 0 Å². The summed E-state index contributed by atoms with van der Waals surface area (Å²) in [5, 5.41) is 10.4. The summed E-state index contributed by atoms with van der Waals surface area (Å²) < 4.78 is 6.57. The average molecular weight is 414 g/mol. The van der Waals surface area contributed by atoms with Gasteiger partial charge in [-0.15, -0.1) is 11.8 Å². The van der Waals surface area contributed by atoms with E-state index in [1.54, 1.807) is 35.9 Å². The molecular weight excluding hydrogens is 392 g/mol. The second-order valence-electron chi connectivity index (χ2n) is 6.48. The lowest BCUT2D eigenvalue weighted by Gasteiger charge is -2.25. The lowest BCUT2D eigenvalue weighted by Crippen LogP contribution is -2.31. The number of amides is 2. The van der Waals surface area contributed by atoms with E-state index in [9.17, 15) is 9.59 Å². The summed E-state index contributed by atoms with van der Waals surface area (Å²) in [6.45, 7) is 3.71. The summed E-state index contributed by atoms with van der Waals surface area (Å²) in [5.74, 6) is 1.09. The van der Waals surface area contributed by atoms with Gasteiger partial charge >= 0.3 is 0 Å². The highest BCUT2D eigenvalue weighted by Crippen LogP contribution is 2.21. The zero-order chi connectivity index (χ0) is 20.8. The second kappa shape index (κ2) is 9.37. The van der Waals surface area contributed by atoms with Crippen molar-refractivity contribution in [2.75, 3.05) is 23.9 Å². The highest BCUT2D eigenvalue weighted by atomic mass is 32.2. The molecular formula is C19H22N6O3S. The average Bonchev–Trinajstić information content (AvgIpc) is 3.39. The number of carbonyl (C=O) groups excluding carboxylic acids is 2. The molecule has 0 aliphatic carbocycles. The van der Waals surface area contributed by atoms with Crippen molar-refractivity contribution in [3.05, 3.63) is 54.3 Å². The van der Waals surface area contributed by atoms with E-state index in [0.29, 0.717) is 11.6 Å². The van der Waals surface area contributed by atoms with E-state index in [0.717, 1.165) is 11.3 Å². The lowest BCUT2D eigenvalue weighted by molar-refractivity contribution is -0.128. The van der Waals surface area contributed by atoms with Crippen LogP contribution in [0.2, 0.25) is 0 Å². The highest BCUT2D eigenvalue weighted by Gasteiger charge is 2.18. The first kappa shape index (κ1) is 20.6. The van der Waals surface area contributed by atoms with E-state index < -0.39 is 0 Å². The Morgan fingerprint density at radius 1 is 1.28 bits per heavy atom. The van der Waals surface area contributed by atoms with Crippen molar-refractivity contribution in [2.24, 2.45) is 0 Å². The molecule has 2 aromatic heterocycles. The predicted molar refractivity (Wildman–Crippen MR) is 110 cm³/mol. The molecule has 1 aromatic carbocycles. The molecule has 1 N–H and O–H groups in total. The van der Waals surface area contributed by atoms with E-state index in [2.05, 4.69) is 20.6 Å². The molecule has 1 atom stereocenters. The summed E-state index contributed by atoms with van der Waals surface area (Å²) in [6, 6.07) is 9.34.